The van der Waals surface area contributed by atoms with Crippen molar-refractivity contribution in [1.82, 2.24) is 25.3 Å². The van der Waals surface area contributed by atoms with E-state index in [1.54, 1.807) is 0 Å². The molecule has 0 bridgehead atoms. The number of imide groups is 1. The molecule has 31 heavy (non-hydrogen) atoms. The van der Waals surface area contributed by atoms with E-state index in [4.69, 9.17) is 0 Å². The van der Waals surface area contributed by atoms with Gasteiger partial charge in [-0.15, -0.1) is 0 Å². The largest absolute Gasteiger partial charge is 0.353 e. The average Bonchev–Trinajstić information content (AvgIpc) is 2.87. The number of hydrogen-bond donors (Lipinski definition) is 2. The maximum absolute atomic E-state index is 13.5. The summed E-state index contributed by atoms with van der Waals surface area (Å²) in [5.41, 5.74) is 1.18. The number of hydrogen-bond acceptors (Lipinski definition) is 5. The summed E-state index contributed by atoms with van der Waals surface area (Å²) in [6.07, 6.45) is 3.51. The first-order valence-corrected chi connectivity index (χ1v) is 11.4. The van der Waals surface area contributed by atoms with Crippen LogP contribution in [0.2, 0.25) is 0 Å². The summed E-state index contributed by atoms with van der Waals surface area (Å²) in [4.78, 5) is 44.0. The lowest BCUT2D eigenvalue weighted by atomic mass is 9.84. The van der Waals surface area contributed by atoms with Gasteiger partial charge in [0.1, 0.15) is 5.54 Å². The third-order valence-corrected chi connectivity index (χ3v) is 6.52. The van der Waals surface area contributed by atoms with E-state index in [0.29, 0.717) is 19.6 Å². The fourth-order valence-corrected chi connectivity index (χ4v) is 4.96. The van der Waals surface area contributed by atoms with Gasteiger partial charge < -0.3 is 10.6 Å². The Labute approximate surface area is 183 Å². The van der Waals surface area contributed by atoms with Crippen LogP contribution in [0, 0.1) is 0 Å². The second kappa shape index (κ2) is 8.96. The first-order valence-electron chi connectivity index (χ1n) is 11.4. The van der Waals surface area contributed by atoms with E-state index in [2.05, 4.69) is 26.5 Å². The molecule has 1 aromatic carbocycles. The number of nitrogens with one attached hydrogen (secondary N) is 2. The van der Waals surface area contributed by atoms with Crippen molar-refractivity contribution < 1.29 is 14.4 Å². The molecule has 168 valence electrons. The molecule has 2 saturated heterocycles. The molecule has 8 nitrogen and oxygen atoms in total. The summed E-state index contributed by atoms with van der Waals surface area (Å²) in [7, 11) is 0. The molecule has 1 unspecified atom stereocenters. The Morgan fingerprint density at radius 1 is 1.10 bits per heavy atom. The van der Waals surface area contributed by atoms with Gasteiger partial charge in [-0.2, -0.15) is 0 Å². The number of rotatable bonds is 5. The van der Waals surface area contributed by atoms with Gasteiger partial charge in [-0.25, -0.2) is 9.69 Å². The van der Waals surface area contributed by atoms with Gasteiger partial charge in [0.25, 0.3) is 5.91 Å². The highest BCUT2D eigenvalue weighted by molar-refractivity contribution is 6.07. The normalized spacial score (nSPS) is 24.9. The third-order valence-electron chi connectivity index (χ3n) is 6.52. The van der Waals surface area contributed by atoms with Gasteiger partial charge in [0.2, 0.25) is 5.91 Å². The summed E-state index contributed by atoms with van der Waals surface area (Å²) < 4.78 is 0. The number of nitrogens with zero attached hydrogens (tertiary/aromatic N) is 3. The van der Waals surface area contributed by atoms with Gasteiger partial charge >= 0.3 is 6.03 Å². The van der Waals surface area contributed by atoms with E-state index < -0.39 is 5.54 Å². The van der Waals surface area contributed by atoms with Crippen LogP contribution in [-0.2, 0) is 21.5 Å². The van der Waals surface area contributed by atoms with Crippen molar-refractivity contribution in [3.05, 3.63) is 35.4 Å². The predicted molar refractivity (Wildman–Crippen MR) is 117 cm³/mol. The molecule has 2 aliphatic heterocycles. The Morgan fingerprint density at radius 3 is 2.55 bits per heavy atom. The van der Waals surface area contributed by atoms with Crippen molar-refractivity contribution in [2.24, 2.45) is 0 Å². The van der Waals surface area contributed by atoms with Gasteiger partial charge in [-0.1, -0.05) is 24.3 Å². The summed E-state index contributed by atoms with van der Waals surface area (Å²) in [6, 6.07) is 7.83. The number of piperazine rings is 1. The molecule has 0 saturated carbocycles. The predicted octanol–water partition coefficient (Wildman–Crippen LogP) is 1.26. The molecular formula is C23H33N5O3. The van der Waals surface area contributed by atoms with Crippen molar-refractivity contribution in [1.29, 1.82) is 0 Å². The second-order valence-corrected chi connectivity index (χ2v) is 9.19. The maximum atomic E-state index is 13.5. The quantitative estimate of drug-likeness (QED) is 0.691. The van der Waals surface area contributed by atoms with E-state index in [1.165, 1.54) is 4.90 Å². The van der Waals surface area contributed by atoms with Crippen LogP contribution < -0.4 is 10.6 Å². The summed E-state index contributed by atoms with van der Waals surface area (Å²) in [5.74, 6) is -0.0999. The van der Waals surface area contributed by atoms with Crippen LogP contribution in [0.1, 0.15) is 44.2 Å². The van der Waals surface area contributed by atoms with Crippen LogP contribution in [0.5, 0.6) is 0 Å². The van der Waals surface area contributed by atoms with Crippen molar-refractivity contribution in [2.75, 3.05) is 39.4 Å². The number of benzene rings is 1. The number of carbonyl (C=O) groups excluding carboxylic acids is 3. The Balaban J connectivity index is 1.39. The van der Waals surface area contributed by atoms with Crippen molar-refractivity contribution in [2.45, 2.75) is 51.1 Å². The fourth-order valence-electron chi connectivity index (χ4n) is 4.96. The molecule has 2 fully saturated rings. The standard InChI is InChI=1S/C23H33N5O3/c1-17(2)24-20(29)15-26-11-13-27(14-12-26)16-28-21(30)23(25-22(28)31)10-6-5-8-18-7-3-4-9-19(18)23/h3-4,7,9,17H,5-6,8,10-16H2,1-2H3,(H,24,29)(H,25,31). The molecule has 1 spiro atoms. The number of carbonyl (C=O) groups is 3. The highest BCUT2D eigenvalue weighted by Crippen LogP contribution is 2.39. The highest BCUT2D eigenvalue weighted by atomic mass is 16.2. The molecule has 2 heterocycles. The lowest BCUT2D eigenvalue weighted by molar-refractivity contribution is -0.133. The van der Waals surface area contributed by atoms with Crippen LogP contribution in [0.15, 0.2) is 24.3 Å². The summed E-state index contributed by atoms with van der Waals surface area (Å²) in [5, 5.41) is 5.97. The smallest absolute Gasteiger partial charge is 0.326 e. The highest BCUT2D eigenvalue weighted by Gasteiger charge is 2.53. The zero-order valence-corrected chi connectivity index (χ0v) is 18.5. The average molecular weight is 428 g/mol. The number of urea groups is 1. The third kappa shape index (κ3) is 4.45. The topological polar surface area (TPSA) is 85.0 Å². The van der Waals surface area contributed by atoms with Gasteiger partial charge in [0, 0.05) is 32.2 Å². The number of amides is 4. The molecule has 4 rings (SSSR count). The molecule has 3 aliphatic rings. The minimum absolute atomic E-state index is 0.0338. The van der Waals surface area contributed by atoms with Crippen LogP contribution in [0.3, 0.4) is 0 Å². The van der Waals surface area contributed by atoms with Crippen molar-refractivity contribution in [3.8, 4) is 0 Å². The zero-order valence-electron chi connectivity index (χ0n) is 18.5. The second-order valence-electron chi connectivity index (χ2n) is 9.19. The van der Waals surface area contributed by atoms with Gasteiger partial charge in [0.15, 0.2) is 0 Å². The Kier molecular flexibility index (Phi) is 6.29. The van der Waals surface area contributed by atoms with Gasteiger partial charge in [-0.05, 0) is 50.7 Å². The molecular weight excluding hydrogens is 394 g/mol. The van der Waals surface area contributed by atoms with E-state index >= 15 is 0 Å². The molecule has 1 atom stereocenters. The number of fused-ring (bicyclic) bond motifs is 2. The zero-order chi connectivity index (χ0) is 22.0. The Morgan fingerprint density at radius 2 is 1.81 bits per heavy atom. The van der Waals surface area contributed by atoms with Crippen LogP contribution in [-0.4, -0.2) is 78.0 Å². The first-order chi connectivity index (χ1) is 14.9. The van der Waals surface area contributed by atoms with Crippen LogP contribution >= 0.6 is 0 Å². The summed E-state index contributed by atoms with van der Waals surface area (Å²) in [6.45, 7) is 7.49. The number of aryl methyl sites for hydroxylation is 1. The molecule has 1 aromatic rings. The molecule has 0 aromatic heterocycles. The fraction of sp³-hybridized carbons (Fsp3) is 0.609. The maximum Gasteiger partial charge on any atom is 0.326 e. The van der Waals surface area contributed by atoms with Crippen molar-refractivity contribution >= 4 is 17.8 Å². The monoisotopic (exact) mass is 427 g/mol. The molecule has 8 heteroatoms. The van der Waals surface area contributed by atoms with Gasteiger partial charge in [0.05, 0.1) is 13.2 Å². The minimum Gasteiger partial charge on any atom is -0.353 e. The molecule has 0 radical (unpaired) electrons. The van der Waals surface area contributed by atoms with Gasteiger partial charge in [-0.3, -0.25) is 19.4 Å². The van der Waals surface area contributed by atoms with E-state index in [0.717, 1.165) is 56.6 Å². The Hall–Kier alpha value is -2.45. The van der Waals surface area contributed by atoms with E-state index in [-0.39, 0.29) is 23.9 Å². The van der Waals surface area contributed by atoms with Crippen LogP contribution in [0.25, 0.3) is 0 Å². The van der Waals surface area contributed by atoms with Crippen LogP contribution in [0.4, 0.5) is 4.79 Å². The van der Waals surface area contributed by atoms with E-state index in [1.807, 2.05) is 32.0 Å². The SMILES string of the molecule is CC(C)NC(=O)CN1CCN(CN2C(=O)NC3(CCCCc4ccccc43)C2=O)CC1. The Bertz CT molecular complexity index is 849. The van der Waals surface area contributed by atoms with Crippen molar-refractivity contribution in [3.63, 3.8) is 0 Å². The summed E-state index contributed by atoms with van der Waals surface area (Å²) >= 11 is 0. The molecule has 1 aliphatic carbocycles. The molecule has 2 N–H and O–H groups in total. The lowest BCUT2D eigenvalue weighted by Crippen LogP contribution is -2.53. The molecule has 4 amide bonds. The lowest BCUT2D eigenvalue weighted by Gasteiger charge is -2.36. The van der Waals surface area contributed by atoms with E-state index in [9.17, 15) is 14.4 Å². The first kappa shape index (κ1) is 21.8. The minimum atomic E-state index is -0.930.